The highest BCUT2D eigenvalue weighted by atomic mass is 19.4. The van der Waals surface area contributed by atoms with E-state index in [9.17, 15) is 23.2 Å². The summed E-state index contributed by atoms with van der Waals surface area (Å²) >= 11 is 0. The number of alkyl halides is 3. The van der Waals surface area contributed by atoms with Crippen LogP contribution in [0.15, 0.2) is 48.7 Å². The fourth-order valence-electron chi connectivity index (χ4n) is 2.63. The zero-order valence-electron chi connectivity index (χ0n) is 13.1. The Labute approximate surface area is 142 Å². The molecule has 1 heterocycles. The first-order chi connectivity index (χ1) is 11.8. The predicted octanol–water partition coefficient (Wildman–Crippen LogP) is 3.85. The number of carbonyl (C=O) groups excluding carboxylic acids is 1. The van der Waals surface area contributed by atoms with Crippen LogP contribution in [0.1, 0.15) is 28.8 Å². The second kappa shape index (κ2) is 6.20. The second-order valence-corrected chi connectivity index (χ2v) is 5.97. The third-order valence-corrected chi connectivity index (χ3v) is 4.16. The van der Waals surface area contributed by atoms with Gasteiger partial charge in [0.1, 0.15) is 12.4 Å². The van der Waals surface area contributed by atoms with Gasteiger partial charge in [-0.2, -0.15) is 18.4 Å². The Morgan fingerprint density at radius 2 is 1.88 bits per heavy atom. The summed E-state index contributed by atoms with van der Waals surface area (Å²) in [6.07, 6.45) is -1.71. The van der Waals surface area contributed by atoms with E-state index in [1.165, 1.54) is 30.5 Å². The van der Waals surface area contributed by atoms with Gasteiger partial charge in [0.05, 0.1) is 11.5 Å². The molecule has 3 rings (SSSR count). The van der Waals surface area contributed by atoms with E-state index in [-0.39, 0.29) is 11.4 Å². The summed E-state index contributed by atoms with van der Waals surface area (Å²) in [7, 11) is 0. The standard InChI is InChI=1S/C18H14F3N3O/c19-18(20,21)12-24(15-3-1-2-10-23-15)16(25)13-4-6-14(7-5-13)17(11-22)8-9-17/h1-7,10H,8-9,12H2. The van der Waals surface area contributed by atoms with Crippen LogP contribution in [0.5, 0.6) is 0 Å². The third-order valence-electron chi connectivity index (χ3n) is 4.16. The van der Waals surface area contributed by atoms with Gasteiger partial charge in [-0.1, -0.05) is 18.2 Å². The summed E-state index contributed by atoms with van der Waals surface area (Å²) in [5, 5.41) is 9.19. The quantitative estimate of drug-likeness (QED) is 0.846. The smallest absolute Gasteiger partial charge is 0.284 e. The van der Waals surface area contributed by atoms with Gasteiger partial charge in [-0.05, 0) is 42.7 Å². The summed E-state index contributed by atoms with van der Waals surface area (Å²) in [5.74, 6) is -0.853. The van der Waals surface area contributed by atoms with Crippen LogP contribution in [0.2, 0.25) is 0 Å². The molecule has 0 atom stereocenters. The van der Waals surface area contributed by atoms with Crippen molar-refractivity contribution in [3.63, 3.8) is 0 Å². The van der Waals surface area contributed by atoms with Crippen LogP contribution in [0, 0.1) is 11.3 Å². The number of nitrogens with zero attached hydrogens (tertiary/aromatic N) is 3. The van der Waals surface area contributed by atoms with Gasteiger partial charge in [0.2, 0.25) is 0 Å². The van der Waals surface area contributed by atoms with Crippen molar-refractivity contribution in [1.82, 2.24) is 4.98 Å². The number of rotatable bonds is 4. The number of carbonyl (C=O) groups is 1. The molecule has 1 aromatic heterocycles. The Morgan fingerprint density at radius 1 is 1.20 bits per heavy atom. The van der Waals surface area contributed by atoms with E-state index < -0.39 is 24.0 Å². The molecule has 0 spiro atoms. The largest absolute Gasteiger partial charge is 0.406 e. The van der Waals surface area contributed by atoms with Gasteiger partial charge in [0.15, 0.2) is 0 Å². The van der Waals surface area contributed by atoms with Crippen molar-refractivity contribution in [2.45, 2.75) is 24.4 Å². The SMILES string of the molecule is N#CC1(c2ccc(C(=O)N(CC(F)(F)F)c3ccccn3)cc2)CC1. The molecule has 0 saturated heterocycles. The number of hydrogen-bond donors (Lipinski definition) is 0. The number of amides is 1. The molecule has 0 bridgehead atoms. The van der Waals surface area contributed by atoms with Gasteiger partial charge in [-0.15, -0.1) is 0 Å². The molecule has 7 heteroatoms. The fourth-order valence-corrected chi connectivity index (χ4v) is 2.63. The molecular weight excluding hydrogens is 331 g/mol. The number of halogens is 3. The maximum Gasteiger partial charge on any atom is 0.406 e. The van der Waals surface area contributed by atoms with Crippen molar-refractivity contribution < 1.29 is 18.0 Å². The normalized spacial score (nSPS) is 15.3. The van der Waals surface area contributed by atoms with Gasteiger partial charge in [-0.3, -0.25) is 9.69 Å². The molecule has 0 unspecified atom stereocenters. The molecule has 25 heavy (non-hydrogen) atoms. The topological polar surface area (TPSA) is 57.0 Å². The second-order valence-electron chi connectivity index (χ2n) is 5.97. The van der Waals surface area contributed by atoms with Crippen LogP contribution in [-0.4, -0.2) is 23.6 Å². The van der Waals surface area contributed by atoms with Crippen LogP contribution in [0.4, 0.5) is 19.0 Å². The average molecular weight is 345 g/mol. The minimum absolute atomic E-state index is 0.0652. The van der Waals surface area contributed by atoms with E-state index in [0.29, 0.717) is 4.90 Å². The van der Waals surface area contributed by atoms with Crippen LogP contribution >= 0.6 is 0 Å². The van der Waals surface area contributed by atoms with Crippen molar-refractivity contribution in [2.75, 3.05) is 11.4 Å². The number of hydrogen-bond acceptors (Lipinski definition) is 3. The molecule has 1 amide bonds. The Morgan fingerprint density at radius 3 is 2.36 bits per heavy atom. The van der Waals surface area contributed by atoms with E-state index in [2.05, 4.69) is 11.1 Å². The Kier molecular flexibility index (Phi) is 4.21. The zero-order valence-corrected chi connectivity index (χ0v) is 13.1. The molecule has 1 aliphatic rings. The van der Waals surface area contributed by atoms with Crippen molar-refractivity contribution in [3.8, 4) is 6.07 Å². The number of benzene rings is 1. The van der Waals surface area contributed by atoms with Crippen molar-refractivity contribution in [1.29, 1.82) is 5.26 Å². The fraction of sp³-hybridized carbons (Fsp3) is 0.278. The lowest BCUT2D eigenvalue weighted by atomic mass is 9.96. The Hall–Kier alpha value is -2.88. The van der Waals surface area contributed by atoms with E-state index in [1.54, 1.807) is 18.2 Å². The van der Waals surface area contributed by atoms with Crippen LogP contribution in [0.3, 0.4) is 0 Å². The summed E-state index contributed by atoms with van der Waals surface area (Å²) in [6, 6.07) is 12.9. The number of nitriles is 1. The number of anilines is 1. The van der Waals surface area contributed by atoms with Crippen LogP contribution < -0.4 is 4.90 Å². The van der Waals surface area contributed by atoms with Gasteiger partial charge in [-0.25, -0.2) is 4.98 Å². The van der Waals surface area contributed by atoms with Crippen molar-refractivity contribution >= 4 is 11.7 Å². The first kappa shape index (κ1) is 17.0. The van der Waals surface area contributed by atoms with E-state index in [0.717, 1.165) is 18.4 Å². The molecule has 128 valence electrons. The lowest BCUT2D eigenvalue weighted by Gasteiger charge is -2.23. The summed E-state index contributed by atoms with van der Waals surface area (Å²) in [4.78, 5) is 17.0. The number of pyridine rings is 1. The molecular formula is C18H14F3N3O. The van der Waals surface area contributed by atoms with Crippen LogP contribution in [0.25, 0.3) is 0 Å². The number of aromatic nitrogens is 1. The van der Waals surface area contributed by atoms with Gasteiger partial charge in [0, 0.05) is 11.8 Å². The average Bonchev–Trinajstić information content (AvgIpc) is 3.41. The van der Waals surface area contributed by atoms with E-state index >= 15 is 0 Å². The third kappa shape index (κ3) is 3.63. The lowest BCUT2D eigenvalue weighted by Crippen LogP contribution is -2.39. The minimum Gasteiger partial charge on any atom is -0.284 e. The summed E-state index contributed by atoms with van der Waals surface area (Å²) < 4.78 is 38.7. The lowest BCUT2D eigenvalue weighted by molar-refractivity contribution is -0.118. The van der Waals surface area contributed by atoms with Gasteiger partial charge in [0.25, 0.3) is 5.91 Å². The summed E-state index contributed by atoms with van der Waals surface area (Å²) in [6.45, 7) is -1.42. The molecule has 0 aliphatic heterocycles. The highest BCUT2D eigenvalue weighted by molar-refractivity contribution is 6.05. The molecule has 2 aromatic rings. The monoisotopic (exact) mass is 345 g/mol. The Balaban J connectivity index is 1.88. The first-order valence-electron chi connectivity index (χ1n) is 7.66. The van der Waals surface area contributed by atoms with E-state index in [1.807, 2.05) is 0 Å². The molecule has 1 fully saturated rings. The molecule has 0 N–H and O–H groups in total. The molecule has 4 nitrogen and oxygen atoms in total. The maximum atomic E-state index is 12.9. The summed E-state index contributed by atoms with van der Waals surface area (Å²) in [5.41, 5.74) is 0.396. The van der Waals surface area contributed by atoms with Crippen molar-refractivity contribution in [3.05, 3.63) is 59.8 Å². The maximum absolute atomic E-state index is 12.9. The van der Waals surface area contributed by atoms with E-state index in [4.69, 9.17) is 0 Å². The molecule has 0 radical (unpaired) electrons. The zero-order chi connectivity index (χ0) is 18.1. The highest BCUT2D eigenvalue weighted by Crippen LogP contribution is 2.47. The van der Waals surface area contributed by atoms with Gasteiger partial charge < -0.3 is 0 Å². The highest BCUT2D eigenvalue weighted by Gasteiger charge is 2.44. The van der Waals surface area contributed by atoms with Gasteiger partial charge >= 0.3 is 6.18 Å². The molecule has 1 aromatic carbocycles. The predicted molar refractivity (Wildman–Crippen MR) is 84.9 cm³/mol. The molecule has 1 aliphatic carbocycles. The molecule has 1 saturated carbocycles. The first-order valence-corrected chi connectivity index (χ1v) is 7.66. The minimum atomic E-state index is -4.55. The Bertz CT molecular complexity index is 806. The van der Waals surface area contributed by atoms with Crippen molar-refractivity contribution in [2.24, 2.45) is 0 Å². The van der Waals surface area contributed by atoms with Crippen LogP contribution in [-0.2, 0) is 5.41 Å².